The minimum Gasteiger partial charge on any atom is -0.491 e. The van der Waals surface area contributed by atoms with Crippen molar-refractivity contribution in [3.05, 3.63) is 59.4 Å². The third kappa shape index (κ3) is 5.00. The number of hydrogen-bond acceptors (Lipinski definition) is 2. The highest BCUT2D eigenvalue weighted by atomic mass is 32.1. The summed E-state index contributed by atoms with van der Waals surface area (Å²) in [5.74, 6) is 0.616. The molecule has 0 bridgehead atoms. The molecule has 0 amide bonds. The number of rotatable bonds is 5. The minimum atomic E-state index is -0.272. The van der Waals surface area contributed by atoms with Crippen LogP contribution in [0.2, 0.25) is 0 Å². The number of aryl methyl sites for hydroxylation is 2. The van der Waals surface area contributed by atoms with E-state index in [0.717, 1.165) is 17.0 Å². The first-order valence-corrected chi connectivity index (χ1v) is 7.46. The van der Waals surface area contributed by atoms with Crippen molar-refractivity contribution in [2.75, 3.05) is 18.5 Å². The lowest BCUT2D eigenvalue weighted by atomic mass is 10.1. The van der Waals surface area contributed by atoms with E-state index in [2.05, 4.69) is 16.7 Å². The van der Waals surface area contributed by atoms with E-state index in [-0.39, 0.29) is 5.82 Å². The smallest absolute Gasteiger partial charge is 0.170 e. The van der Waals surface area contributed by atoms with Crippen LogP contribution in [0, 0.1) is 19.7 Å². The molecule has 0 saturated carbocycles. The van der Waals surface area contributed by atoms with Crippen LogP contribution in [0.25, 0.3) is 0 Å². The van der Waals surface area contributed by atoms with Crippen LogP contribution in [0.1, 0.15) is 11.1 Å². The summed E-state index contributed by atoms with van der Waals surface area (Å²) in [5, 5.41) is 6.52. The van der Waals surface area contributed by atoms with Gasteiger partial charge in [0.2, 0.25) is 0 Å². The molecule has 2 aromatic carbocycles. The summed E-state index contributed by atoms with van der Waals surface area (Å²) in [4.78, 5) is 0. The van der Waals surface area contributed by atoms with E-state index in [1.807, 2.05) is 26.0 Å². The van der Waals surface area contributed by atoms with Gasteiger partial charge in [0.15, 0.2) is 5.11 Å². The van der Waals surface area contributed by atoms with E-state index in [1.54, 1.807) is 12.1 Å². The summed E-state index contributed by atoms with van der Waals surface area (Å²) in [6, 6.07) is 12.2. The van der Waals surface area contributed by atoms with Crippen LogP contribution in [0.4, 0.5) is 10.1 Å². The second-order valence-electron chi connectivity index (χ2n) is 5.01. The number of hydrogen-bond donors (Lipinski definition) is 2. The van der Waals surface area contributed by atoms with Crippen molar-refractivity contribution in [1.29, 1.82) is 0 Å². The summed E-state index contributed by atoms with van der Waals surface area (Å²) in [7, 11) is 0. The fourth-order valence-corrected chi connectivity index (χ4v) is 2.12. The van der Waals surface area contributed by atoms with Crippen molar-refractivity contribution in [2.24, 2.45) is 0 Å². The van der Waals surface area contributed by atoms with Gasteiger partial charge in [-0.3, -0.25) is 0 Å². The third-order valence-corrected chi connectivity index (χ3v) is 3.34. The third-order valence-electron chi connectivity index (χ3n) is 3.09. The van der Waals surface area contributed by atoms with E-state index in [0.29, 0.717) is 18.3 Å². The second-order valence-corrected chi connectivity index (χ2v) is 5.41. The average molecular weight is 318 g/mol. The lowest BCUT2D eigenvalue weighted by molar-refractivity contribution is 0.320. The predicted octanol–water partition coefficient (Wildman–Crippen LogP) is 3.81. The molecule has 0 unspecified atom stereocenters. The van der Waals surface area contributed by atoms with Crippen LogP contribution in [-0.4, -0.2) is 18.3 Å². The van der Waals surface area contributed by atoms with Crippen molar-refractivity contribution >= 4 is 23.0 Å². The van der Waals surface area contributed by atoms with E-state index < -0.39 is 0 Å². The summed E-state index contributed by atoms with van der Waals surface area (Å²) in [6.45, 7) is 5.14. The number of thiocarbonyl (C=S) groups is 1. The molecule has 3 nitrogen and oxygen atoms in total. The molecule has 0 heterocycles. The molecule has 0 spiro atoms. The highest BCUT2D eigenvalue weighted by Gasteiger charge is 2.01. The summed E-state index contributed by atoms with van der Waals surface area (Å²) >= 11 is 5.17. The van der Waals surface area contributed by atoms with E-state index in [4.69, 9.17) is 17.0 Å². The predicted molar refractivity (Wildman–Crippen MR) is 92.0 cm³/mol. The maximum atomic E-state index is 12.8. The molecule has 22 heavy (non-hydrogen) atoms. The van der Waals surface area contributed by atoms with Gasteiger partial charge in [0.25, 0.3) is 0 Å². The molecule has 0 atom stereocenters. The fraction of sp³-hybridized carbons (Fsp3) is 0.235. The van der Waals surface area contributed by atoms with Crippen LogP contribution >= 0.6 is 12.2 Å². The van der Waals surface area contributed by atoms with Gasteiger partial charge in [-0.25, -0.2) is 4.39 Å². The van der Waals surface area contributed by atoms with Crippen LogP contribution in [0.3, 0.4) is 0 Å². The standard InChI is InChI=1S/C17H19FN2OS/c1-12-3-4-13(2)16(11-12)21-10-9-19-17(22)20-15-7-5-14(18)6-8-15/h3-8,11H,9-10H2,1-2H3,(H2,19,20,22). The SMILES string of the molecule is Cc1ccc(C)c(OCCNC(=S)Nc2ccc(F)cc2)c1. The number of anilines is 1. The van der Waals surface area contributed by atoms with Gasteiger partial charge in [0.05, 0.1) is 6.54 Å². The molecule has 0 radical (unpaired) electrons. The Morgan fingerprint density at radius 3 is 2.59 bits per heavy atom. The van der Waals surface area contributed by atoms with Gasteiger partial charge >= 0.3 is 0 Å². The van der Waals surface area contributed by atoms with Crippen molar-refractivity contribution in [2.45, 2.75) is 13.8 Å². The zero-order chi connectivity index (χ0) is 15.9. The monoisotopic (exact) mass is 318 g/mol. The molecular weight excluding hydrogens is 299 g/mol. The first-order chi connectivity index (χ1) is 10.5. The molecule has 0 aliphatic heterocycles. The molecule has 0 aliphatic rings. The Hall–Kier alpha value is -2.14. The zero-order valence-corrected chi connectivity index (χ0v) is 13.5. The van der Waals surface area contributed by atoms with Crippen LogP contribution in [0.15, 0.2) is 42.5 Å². The zero-order valence-electron chi connectivity index (χ0n) is 12.7. The Balaban J connectivity index is 1.73. The number of ether oxygens (including phenoxy) is 1. The van der Waals surface area contributed by atoms with E-state index in [1.165, 1.54) is 17.7 Å². The van der Waals surface area contributed by atoms with Crippen LogP contribution in [0.5, 0.6) is 5.75 Å². The molecule has 0 saturated heterocycles. The second kappa shape index (κ2) is 7.75. The Labute approximate surface area is 135 Å². The average Bonchev–Trinajstić information content (AvgIpc) is 2.49. The topological polar surface area (TPSA) is 33.3 Å². The highest BCUT2D eigenvalue weighted by molar-refractivity contribution is 7.80. The fourth-order valence-electron chi connectivity index (χ4n) is 1.90. The number of benzene rings is 2. The number of halogens is 1. The summed E-state index contributed by atoms with van der Waals surface area (Å²) < 4.78 is 18.5. The molecule has 0 aliphatic carbocycles. The Morgan fingerprint density at radius 1 is 1.14 bits per heavy atom. The molecule has 5 heteroatoms. The maximum absolute atomic E-state index is 12.8. The van der Waals surface area contributed by atoms with Gasteiger partial charge in [0, 0.05) is 5.69 Å². The van der Waals surface area contributed by atoms with E-state index >= 15 is 0 Å². The molecule has 2 rings (SSSR count). The normalized spacial score (nSPS) is 10.1. The van der Waals surface area contributed by atoms with Crippen molar-refractivity contribution < 1.29 is 9.13 Å². The molecule has 2 N–H and O–H groups in total. The lowest BCUT2D eigenvalue weighted by Crippen LogP contribution is -2.32. The van der Waals surface area contributed by atoms with Crippen LogP contribution < -0.4 is 15.4 Å². The lowest BCUT2D eigenvalue weighted by Gasteiger charge is -2.13. The van der Waals surface area contributed by atoms with Gasteiger partial charge in [-0.05, 0) is 67.5 Å². The Bertz CT molecular complexity index is 644. The van der Waals surface area contributed by atoms with Gasteiger partial charge < -0.3 is 15.4 Å². The molecule has 2 aromatic rings. The number of nitrogens with one attached hydrogen (secondary N) is 2. The summed E-state index contributed by atoms with van der Waals surface area (Å²) in [5.41, 5.74) is 3.02. The van der Waals surface area contributed by atoms with Crippen molar-refractivity contribution in [3.8, 4) is 5.75 Å². The van der Waals surface area contributed by atoms with E-state index in [9.17, 15) is 4.39 Å². The van der Waals surface area contributed by atoms with Gasteiger partial charge in [-0.1, -0.05) is 12.1 Å². The van der Waals surface area contributed by atoms with Gasteiger partial charge in [-0.2, -0.15) is 0 Å². The Morgan fingerprint density at radius 2 is 1.86 bits per heavy atom. The van der Waals surface area contributed by atoms with Crippen molar-refractivity contribution in [1.82, 2.24) is 5.32 Å². The molecule has 0 fully saturated rings. The first-order valence-electron chi connectivity index (χ1n) is 7.05. The van der Waals surface area contributed by atoms with Gasteiger partial charge in [-0.15, -0.1) is 0 Å². The van der Waals surface area contributed by atoms with Crippen molar-refractivity contribution in [3.63, 3.8) is 0 Å². The molecule has 0 aromatic heterocycles. The highest BCUT2D eigenvalue weighted by Crippen LogP contribution is 2.18. The molecule has 116 valence electrons. The van der Waals surface area contributed by atoms with Crippen LogP contribution in [-0.2, 0) is 0 Å². The Kier molecular flexibility index (Phi) is 5.72. The quantitative estimate of drug-likeness (QED) is 0.649. The first kappa shape index (κ1) is 16.2. The molecular formula is C17H19FN2OS. The summed E-state index contributed by atoms with van der Waals surface area (Å²) in [6.07, 6.45) is 0. The maximum Gasteiger partial charge on any atom is 0.170 e. The minimum absolute atomic E-state index is 0.272. The largest absolute Gasteiger partial charge is 0.491 e. The van der Waals surface area contributed by atoms with Gasteiger partial charge in [0.1, 0.15) is 18.2 Å².